The van der Waals surface area contributed by atoms with E-state index in [1.807, 2.05) is 38.1 Å². The highest BCUT2D eigenvalue weighted by molar-refractivity contribution is 6.63. The molecule has 6 rings (SSSR count). The third-order valence-electron chi connectivity index (χ3n) is 9.10. The maximum atomic E-state index is 9.56. The van der Waals surface area contributed by atoms with Crippen LogP contribution in [0.4, 0.5) is 0 Å². The van der Waals surface area contributed by atoms with Crippen molar-refractivity contribution in [2.24, 2.45) is 0 Å². The minimum Gasteiger partial charge on any atom is -0.399 e. The van der Waals surface area contributed by atoms with Crippen molar-refractivity contribution in [3.05, 3.63) is 66.2 Å². The fourth-order valence-corrected chi connectivity index (χ4v) is 5.30. The number of nitriles is 1. The van der Waals surface area contributed by atoms with Gasteiger partial charge in [-0.25, -0.2) is 0 Å². The second-order valence-electron chi connectivity index (χ2n) is 12.7. The summed E-state index contributed by atoms with van der Waals surface area (Å²) in [5, 5.41) is 11.7. The zero-order valence-electron chi connectivity index (χ0n) is 26.0. The van der Waals surface area contributed by atoms with Gasteiger partial charge in [-0.1, -0.05) is 44.2 Å². The first kappa shape index (κ1) is 29.4. The summed E-state index contributed by atoms with van der Waals surface area (Å²) in [7, 11) is -0.933. The summed E-state index contributed by atoms with van der Waals surface area (Å²) in [4.78, 5) is 0. The summed E-state index contributed by atoms with van der Waals surface area (Å²) in [5.41, 5.74) is 3.83. The summed E-state index contributed by atoms with van der Waals surface area (Å²) in [6.07, 6.45) is 0. The number of hydrogen-bond acceptors (Lipinski definition) is 5. The summed E-state index contributed by atoms with van der Waals surface area (Å²) >= 11 is 0. The lowest BCUT2D eigenvalue weighted by Gasteiger charge is -2.32. The van der Waals surface area contributed by atoms with Gasteiger partial charge in [-0.3, -0.25) is 0 Å². The van der Waals surface area contributed by atoms with E-state index in [0.717, 1.165) is 38.4 Å². The van der Waals surface area contributed by atoms with Gasteiger partial charge in [0.2, 0.25) is 0 Å². The summed E-state index contributed by atoms with van der Waals surface area (Å²) < 4.78 is 27.7. The SMILES string of the molecule is CC.CC1(C)OB(c2ccc3c(c2)c2cc(B4OC(C)(C)C(C)(C)O4)ccc2n3-c2cccc(C#N)c2)OC1(C)C. The van der Waals surface area contributed by atoms with Gasteiger partial charge in [-0.2, -0.15) is 5.26 Å². The van der Waals surface area contributed by atoms with E-state index in [1.54, 1.807) is 0 Å². The third kappa shape index (κ3) is 4.79. The van der Waals surface area contributed by atoms with Gasteiger partial charge in [-0.15, -0.1) is 0 Å². The normalized spacial score (nSPS) is 20.2. The quantitative estimate of drug-likeness (QED) is 0.281. The molecule has 3 aromatic carbocycles. The molecule has 4 aromatic rings. The van der Waals surface area contributed by atoms with Crippen molar-refractivity contribution in [1.82, 2.24) is 4.57 Å². The molecular weight excluding hydrogens is 510 g/mol. The van der Waals surface area contributed by atoms with E-state index in [2.05, 4.69) is 102 Å². The maximum absolute atomic E-state index is 9.56. The Morgan fingerprint density at radius 1 is 0.610 bits per heavy atom. The highest BCUT2D eigenvalue weighted by Gasteiger charge is 2.53. The Morgan fingerprint density at radius 3 is 1.41 bits per heavy atom. The van der Waals surface area contributed by atoms with Crippen molar-refractivity contribution >= 4 is 47.0 Å². The van der Waals surface area contributed by atoms with E-state index in [-0.39, 0.29) is 0 Å². The number of hydrogen-bond donors (Lipinski definition) is 0. The van der Waals surface area contributed by atoms with Crippen molar-refractivity contribution in [1.29, 1.82) is 5.26 Å². The van der Waals surface area contributed by atoms with Gasteiger partial charge in [0.05, 0.1) is 45.1 Å². The van der Waals surface area contributed by atoms with Crippen molar-refractivity contribution in [3.8, 4) is 11.8 Å². The Hall–Kier alpha value is -3.08. The molecule has 0 saturated carbocycles. The Labute approximate surface area is 244 Å². The van der Waals surface area contributed by atoms with E-state index >= 15 is 0 Å². The highest BCUT2D eigenvalue weighted by Crippen LogP contribution is 2.39. The summed E-state index contributed by atoms with van der Waals surface area (Å²) in [6, 6.07) is 22.7. The van der Waals surface area contributed by atoms with Crippen molar-refractivity contribution in [3.63, 3.8) is 0 Å². The predicted molar refractivity (Wildman–Crippen MR) is 168 cm³/mol. The van der Waals surface area contributed by atoms with E-state index < -0.39 is 36.6 Å². The Bertz CT molecular complexity index is 1540. The number of rotatable bonds is 3. The molecule has 3 heterocycles. The molecule has 0 aliphatic carbocycles. The molecule has 0 amide bonds. The molecule has 0 N–H and O–H groups in total. The maximum Gasteiger partial charge on any atom is 0.494 e. The van der Waals surface area contributed by atoms with E-state index in [1.165, 1.54) is 0 Å². The molecular formula is C33H40B2N2O4. The van der Waals surface area contributed by atoms with Crippen LogP contribution in [0.2, 0.25) is 0 Å². The first-order chi connectivity index (χ1) is 19.2. The standard InChI is InChI=1S/C31H34B2N2O4.C2H6/c1-28(2)29(3,4)37-32(36-28)21-12-14-26-24(17-21)25-18-22(33-38-30(5,6)31(7,8)39-33)13-15-27(25)35(26)23-11-9-10-20(16-23)19-34;1-2/h9-18H,1-8H3;1-2H3. The topological polar surface area (TPSA) is 65.6 Å². The summed E-state index contributed by atoms with van der Waals surface area (Å²) in [6.45, 7) is 20.5. The fraction of sp³-hybridized carbons (Fsp3) is 0.424. The Balaban J connectivity index is 0.00000165. The molecule has 0 spiro atoms. The molecule has 212 valence electrons. The molecule has 2 aliphatic rings. The molecule has 8 heteroatoms. The van der Waals surface area contributed by atoms with Crippen LogP contribution < -0.4 is 10.9 Å². The van der Waals surface area contributed by atoms with E-state index in [4.69, 9.17) is 18.6 Å². The van der Waals surface area contributed by atoms with Crippen LogP contribution in [-0.2, 0) is 18.6 Å². The molecule has 0 radical (unpaired) electrons. The molecule has 2 saturated heterocycles. The van der Waals surface area contributed by atoms with Crippen LogP contribution in [0.1, 0.15) is 74.8 Å². The first-order valence-electron chi connectivity index (χ1n) is 14.5. The molecule has 0 bridgehead atoms. The molecule has 6 nitrogen and oxygen atoms in total. The van der Waals surface area contributed by atoms with Gasteiger partial charge < -0.3 is 23.2 Å². The number of benzene rings is 3. The molecule has 41 heavy (non-hydrogen) atoms. The van der Waals surface area contributed by atoms with Crippen LogP contribution >= 0.6 is 0 Å². The molecule has 1 aromatic heterocycles. The first-order valence-corrected chi connectivity index (χ1v) is 14.5. The van der Waals surface area contributed by atoms with Crippen LogP contribution in [-0.4, -0.2) is 41.2 Å². The van der Waals surface area contributed by atoms with Gasteiger partial charge in [0, 0.05) is 16.5 Å². The Kier molecular flexibility index (Phi) is 7.19. The number of fused-ring (bicyclic) bond motifs is 3. The summed E-state index contributed by atoms with van der Waals surface area (Å²) in [5.74, 6) is 0. The molecule has 2 fully saturated rings. The molecule has 0 atom stereocenters. The third-order valence-corrected chi connectivity index (χ3v) is 9.10. The average molecular weight is 550 g/mol. The van der Waals surface area contributed by atoms with Crippen LogP contribution in [0.25, 0.3) is 27.5 Å². The van der Waals surface area contributed by atoms with Gasteiger partial charge in [0.1, 0.15) is 0 Å². The van der Waals surface area contributed by atoms with Crippen molar-refractivity contribution in [2.75, 3.05) is 0 Å². The highest BCUT2D eigenvalue weighted by atomic mass is 16.7. The smallest absolute Gasteiger partial charge is 0.399 e. The van der Waals surface area contributed by atoms with E-state index in [0.29, 0.717) is 5.56 Å². The van der Waals surface area contributed by atoms with Gasteiger partial charge in [0.25, 0.3) is 0 Å². The lowest BCUT2D eigenvalue weighted by atomic mass is 9.77. The van der Waals surface area contributed by atoms with Gasteiger partial charge in [0.15, 0.2) is 0 Å². The van der Waals surface area contributed by atoms with Gasteiger partial charge >= 0.3 is 14.2 Å². The number of aromatic nitrogens is 1. The monoisotopic (exact) mass is 550 g/mol. The number of nitrogens with zero attached hydrogens (tertiary/aromatic N) is 2. The second kappa shape index (κ2) is 10.0. The van der Waals surface area contributed by atoms with Crippen molar-refractivity contribution in [2.45, 2.75) is 91.6 Å². The average Bonchev–Trinajstić information content (AvgIpc) is 3.46. The fourth-order valence-electron chi connectivity index (χ4n) is 5.30. The second-order valence-corrected chi connectivity index (χ2v) is 12.7. The minimum absolute atomic E-state index is 0.428. The predicted octanol–water partition coefficient (Wildman–Crippen LogP) is 6.28. The molecule has 0 unspecified atom stereocenters. The van der Waals surface area contributed by atoms with Crippen LogP contribution in [0.15, 0.2) is 60.7 Å². The molecule has 2 aliphatic heterocycles. The lowest BCUT2D eigenvalue weighted by molar-refractivity contribution is 0.00578. The zero-order chi connectivity index (χ0) is 30.0. The minimum atomic E-state index is -0.467. The van der Waals surface area contributed by atoms with Gasteiger partial charge in [-0.05, 0) is 96.6 Å². The lowest BCUT2D eigenvalue weighted by Crippen LogP contribution is -2.41. The Morgan fingerprint density at radius 2 is 1.02 bits per heavy atom. The van der Waals surface area contributed by atoms with Crippen LogP contribution in [0, 0.1) is 11.3 Å². The van der Waals surface area contributed by atoms with Crippen LogP contribution in [0.3, 0.4) is 0 Å². The van der Waals surface area contributed by atoms with E-state index in [9.17, 15) is 5.26 Å². The van der Waals surface area contributed by atoms with Crippen molar-refractivity contribution < 1.29 is 18.6 Å². The van der Waals surface area contributed by atoms with Crippen LogP contribution in [0.5, 0.6) is 0 Å². The zero-order valence-corrected chi connectivity index (χ0v) is 26.0. The largest absolute Gasteiger partial charge is 0.494 e.